The molecule has 0 atom stereocenters. The second kappa shape index (κ2) is 6.69. The fourth-order valence-electron chi connectivity index (χ4n) is 2.48. The summed E-state index contributed by atoms with van der Waals surface area (Å²) < 4.78 is 5.72. The zero-order valence-corrected chi connectivity index (χ0v) is 11.1. The molecule has 1 fully saturated rings. The molecule has 18 heavy (non-hydrogen) atoms. The zero-order valence-electron chi connectivity index (χ0n) is 11.1. The van der Waals surface area contributed by atoms with Gasteiger partial charge >= 0.3 is 0 Å². The van der Waals surface area contributed by atoms with Gasteiger partial charge in [0.25, 0.3) is 0 Å². The van der Waals surface area contributed by atoms with Crippen molar-refractivity contribution < 1.29 is 9.53 Å². The quantitative estimate of drug-likeness (QED) is 0.796. The van der Waals surface area contributed by atoms with Crippen molar-refractivity contribution >= 4 is 5.78 Å². The van der Waals surface area contributed by atoms with Gasteiger partial charge in [0.05, 0.1) is 6.10 Å². The first-order valence-electron chi connectivity index (χ1n) is 6.91. The summed E-state index contributed by atoms with van der Waals surface area (Å²) in [6.07, 6.45) is 5.49. The monoisotopic (exact) mass is 246 g/mol. The second-order valence-electron chi connectivity index (χ2n) is 5.39. The van der Waals surface area contributed by atoms with E-state index in [0.29, 0.717) is 12.5 Å². The normalized spacial score (nSPS) is 23.8. The predicted molar refractivity (Wildman–Crippen MR) is 72.5 cm³/mol. The Kier molecular flexibility index (Phi) is 4.94. The number of benzene rings is 1. The summed E-state index contributed by atoms with van der Waals surface area (Å²) in [6.45, 7) is 2.56. The molecular weight excluding hydrogens is 224 g/mol. The Bertz CT molecular complexity index is 364. The van der Waals surface area contributed by atoms with Crippen LogP contribution >= 0.6 is 0 Å². The topological polar surface area (TPSA) is 26.3 Å². The summed E-state index contributed by atoms with van der Waals surface area (Å²) in [7, 11) is 0. The van der Waals surface area contributed by atoms with E-state index in [0.717, 1.165) is 24.3 Å². The number of Topliss-reactive ketones (excluding diaryl/α,β-unsaturated/α-hetero) is 1. The van der Waals surface area contributed by atoms with Gasteiger partial charge in [0, 0.05) is 6.42 Å². The van der Waals surface area contributed by atoms with E-state index in [1.54, 1.807) is 0 Å². The van der Waals surface area contributed by atoms with Crippen molar-refractivity contribution in [3.8, 4) is 0 Å². The van der Waals surface area contributed by atoms with Crippen LogP contribution in [0.15, 0.2) is 30.3 Å². The molecule has 1 aromatic rings. The minimum Gasteiger partial charge on any atom is -0.370 e. The third-order valence-electron chi connectivity index (χ3n) is 3.69. The lowest BCUT2D eigenvalue weighted by molar-refractivity contribution is -0.125. The number of ketones is 1. The molecule has 1 aliphatic rings. The molecule has 1 saturated carbocycles. The Morgan fingerprint density at radius 3 is 2.50 bits per heavy atom. The highest BCUT2D eigenvalue weighted by molar-refractivity contribution is 5.82. The maximum absolute atomic E-state index is 11.8. The molecule has 0 bridgehead atoms. The average Bonchev–Trinajstić information content (AvgIpc) is 2.39. The van der Waals surface area contributed by atoms with Crippen LogP contribution < -0.4 is 0 Å². The number of carbonyl (C=O) groups is 1. The maximum Gasteiger partial charge on any atom is 0.162 e. The number of ether oxygens (including phenoxy) is 1. The summed E-state index contributed by atoms with van der Waals surface area (Å²) in [5.74, 6) is 1.00. The Labute approximate surface area is 109 Å². The molecule has 2 rings (SSSR count). The molecule has 0 aromatic heterocycles. The third kappa shape index (κ3) is 4.26. The SMILES string of the molecule is CC1CCC(OCC(=O)Cc2ccccc2)CC1. The molecule has 2 nitrogen and oxygen atoms in total. The van der Waals surface area contributed by atoms with Gasteiger partial charge in [-0.2, -0.15) is 0 Å². The number of hydrogen-bond donors (Lipinski definition) is 0. The van der Waals surface area contributed by atoms with Gasteiger partial charge in [0.2, 0.25) is 0 Å². The minimum absolute atomic E-state index is 0.180. The van der Waals surface area contributed by atoms with Crippen molar-refractivity contribution in [3.05, 3.63) is 35.9 Å². The molecule has 0 aliphatic heterocycles. The van der Waals surface area contributed by atoms with Crippen molar-refractivity contribution in [1.29, 1.82) is 0 Å². The standard InChI is InChI=1S/C16H22O2/c1-13-7-9-16(10-8-13)18-12-15(17)11-14-5-3-2-4-6-14/h2-6,13,16H,7-12H2,1H3. The van der Waals surface area contributed by atoms with Crippen molar-refractivity contribution in [2.75, 3.05) is 6.61 Å². The van der Waals surface area contributed by atoms with Crippen LogP contribution in [0.25, 0.3) is 0 Å². The average molecular weight is 246 g/mol. The Morgan fingerprint density at radius 1 is 1.17 bits per heavy atom. The Morgan fingerprint density at radius 2 is 1.83 bits per heavy atom. The number of hydrogen-bond acceptors (Lipinski definition) is 2. The lowest BCUT2D eigenvalue weighted by Crippen LogP contribution is -2.24. The predicted octanol–water partition coefficient (Wildman–Crippen LogP) is 3.39. The smallest absolute Gasteiger partial charge is 0.162 e. The highest BCUT2D eigenvalue weighted by Gasteiger charge is 2.19. The van der Waals surface area contributed by atoms with Crippen LogP contribution in [-0.2, 0) is 16.0 Å². The van der Waals surface area contributed by atoms with Gasteiger partial charge in [-0.05, 0) is 37.2 Å². The van der Waals surface area contributed by atoms with Crippen LogP contribution in [0.3, 0.4) is 0 Å². The van der Waals surface area contributed by atoms with Gasteiger partial charge in [-0.3, -0.25) is 4.79 Å². The van der Waals surface area contributed by atoms with Crippen LogP contribution in [0.5, 0.6) is 0 Å². The summed E-state index contributed by atoms with van der Waals surface area (Å²) in [5, 5.41) is 0. The number of rotatable bonds is 5. The summed E-state index contributed by atoms with van der Waals surface area (Å²) in [4.78, 5) is 11.8. The van der Waals surface area contributed by atoms with Gasteiger partial charge in [-0.25, -0.2) is 0 Å². The summed E-state index contributed by atoms with van der Waals surface area (Å²) in [6, 6.07) is 9.87. The van der Waals surface area contributed by atoms with Gasteiger partial charge in [0.1, 0.15) is 6.61 Å². The van der Waals surface area contributed by atoms with Crippen LogP contribution in [0.1, 0.15) is 38.2 Å². The second-order valence-corrected chi connectivity index (χ2v) is 5.39. The van der Waals surface area contributed by atoms with Gasteiger partial charge in [-0.15, -0.1) is 0 Å². The molecule has 0 N–H and O–H groups in total. The molecule has 98 valence electrons. The molecule has 0 radical (unpaired) electrons. The van der Waals surface area contributed by atoms with Crippen LogP contribution in [0, 0.1) is 5.92 Å². The zero-order chi connectivity index (χ0) is 12.8. The van der Waals surface area contributed by atoms with Crippen molar-refractivity contribution in [1.82, 2.24) is 0 Å². The lowest BCUT2D eigenvalue weighted by Gasteiger charge is -2.25. The first kappa shape index (κ1) is 13.3. The van der Waals surface area contributed by atoms with E-state index in [-0.39, 0.29) is 12.4 Å². The molecule has 0 amide bonds. The Hall–Kier alpha value is -1.15. The molecule has 2 heteroatoms. The van der Waals surface area contributed by atoms with E-state index in [9.17, 15) is 4.79 Å². The molecule has 0 spiro atoms. The van der Waals surface area contributed by atoms with Crippen molar-refractivity contribution in [2.45, 2.75) is 45.1 Å². The third-order valence-corrected chi connectivity index (χ3v) is 3.69. The molecule has 1 aliphatic carbocycles. The lowest BCUT2D eigenvalue weighted by atomic mass is 9.89. The van der Waals surface area contributed by atoms with Crippen LogP contribution in [-0.4, -0.2) is 18.5 Å². The molecular formula is C16H22O2. The molecule has 0 heterocycles. The fraction of sp³-hybridized carbons (Fsp3) is 0.562. The van der Waals surface area contributed by atoms with E-state index in [1.165, 1.54) is 12.8 Å². The minimum atomic E-state index is 0.180. The van der Waals surface area contributed by atoms with Crippen molar-refractivity contribution in [2.24, 2.45) is 5.92 Å². The number of carbonyl (C=O) groups excluding carboxylic acids is 1. The largest absolute Gasteiger partial charge is 0.370 e. The van der Waals surface area contributed by atoms with Crippen molar-refractivity contribution in [3.63, 3.8) is 0 Å². The Balaban J connectivity index is 1.69. The van der Waals surface area contributed by atoms with Crippen LogP contribution in [0.4, 0.5) is 0 Å². The maximum atomic E-state index is 11.8. The van der Waals surface area contributed by atoms with E-state index in [4.69, 9.17) is 4.74 Å². The summed E-state index contributed by atoms with van der Waals surface area (Å²) >= 11 is 0. The first-order valence-corrected chi connectivity index (χ1v) is 6.91. The molecule has 0 unspecified atom stereocenters. The highest BCUT2D eigenvalue weighted by atomic mass is 16.5. The van der Waals surface area contributed by atoms with E-state index >= 15 is 0 Å². The molecule has 1 aromatic carbocycles. The van der Waals surface area contributed by atoms with Gasteiger partial charge < -0.3 is 4.74 Å². The fourth-order valence-corrected chi connectivity index (χ4v) is 2.48. The first-order chi connectivity index (χ1) is 8.74. The van der Waals surface area contributed by atoms with Gasteiger partial charge in [-0.1, -0.05) is 37.3 Å². The van der Waals surface area contributed by atoms with Gasteiger partial charge in [0.15, 0.2) is 5.78 Å². The van der Waals surface area contributed by atoms with Crippen LogP contribution in [0.2, 0.25) is 0 Å². The summed E-state index contributed by atoms with van der Waals surface area (Å²) in [5.41, 5.74) is 1.07. The molecule has 0 saturated heterocycles. The van der Waals surface area contributed by atoms with E-state index in [2.05, 4.69) is 6.92 Å². The van der Waals surface area contributed by atoms with E-state index in [1.807, 2.05) is 30.3 Å². The van der Waals surface area contributed by atoms with E-state index < -0.39 is 0 Å². The highest BCUT2D eigenvalue weighted by Crippen LogP contribution is 2.25.